The van der Waals surface area contributed by atoms with Crippen LogP contribution in [0.4, 0.5) is 4.79 Å². The van der Waals surface area contributed by atoms with Gasteiger partial charge in [-0.1, -0.05) is 12.1 Å². The molecule has 8 nitrogen and oxygen atoms in total. The second kappa shape index (κ2) is 14.5. The summed E-state index contributed by atoms with van der Waals surface area (Å²) in [5, 5.41) is 3.44. The van der Waals surface area contributed by atoms with Crippen LogP contribution in [0.2, 0.25) is 0 Å². The van der Waals surface area contributed by atoms with E-state index in [1.54, 1.807) is 0 Å². The van der Waals surface area contributed by atoms with Gasteiger partial charge < -0.3 is 34.2 Å². The Morgan fingerprint density at radius 3 is 2.53 bits per heavy atom. The van der Waals surface area contributed by atoms with E-state index in [1.807, 2.05) is 37.8 Å². The molecule has 1 unspecified atom stereocenters. The lowest BCUT2D eigenvalue weighted by Crippen LogP contribution is -2.47. The van der Waals surface area contributed by atoms with Gasteiger partial charge in [-0.2, -0.15) is 0 Å². The summed E-state index contributed by atoms with van der Waals surface area (Å²) < 4.78 is 17.5. The van der Waals surface area contributed by atoms with Crippen molar-refractivity contribution in [3.63, 3.8) is 0 Å². The van der Waals surface area contributed by atoms with Crippen LogP contribution in [0.3, 0.4) is 0 Å². The van der Waals surface area contributed by atoms with Crippen LogP contribution in [0.1, 0.15) is 57.9 Å². The standard InChI is InChI=1S/C30H50N4O4/c1-30(2,3)38-29(35)34-13-5-7-27(24-34)26-6-4-8-28(22-26)37-21-20-36-19-18-32-14-9-25(10-15-32)23-33-16-11-31-12-17-33/h4,6,8,22,25,27,31H,5,7,9-21,23-24H2,1-3H3. The summed E-state index contributed by atoms with van der Waals surface area (Å²) in [6.07, 6.45) is 4.45. The van der Waals surface area contributed by atoms with E-state index in [0.717, 1.165) is 57.3 Å². The zero-order valence-corrected chi connectivity index (χ0v) is 24.0. The van der Waals surface area contributed by atoms with Crippen LogP contribution in [-0.4, -0.2) is 112 Å². The summed E-state index contributed by atoms with van der Waals surface area (Å²) in [5.41, 5.74) is 0.749. The predicted octanol–water partition coefficient (Wildman–Crippen LogP) is 3.81. The molecule has 3 heterocycles. The first-order chi connectivity index (χ1) is 18.4. The van der Waals surface area contributed by atoms with Gasteiger partial charge in [-0.15, -0.1) is 0 Å². The number of rotatable bonds is 10. The number of nitrogens with zero attached hydrogens (tertiary/aromatic N) is 3. The summed E-state index contributed by atoms with van der Waals surface area (Å²) >= 11 is 0. The summed E-state index contributed by atoms with van der Waals surface area (Å²) in [7, 11) is 0. The molecular weight excluding hydrogens is 480 g/mol. The highest BCUT2D eigenvalue weighted by atomic mass is 16.6. The Kier molecular flexibility index (Phi) is 11.1. The lowest BCUT2D eigenvalue weighted by molar-refractivity contribution is 0.0198. The number of likely N-dealkylation sites (tertiary alicyclic amines) is 2. The maximum Gasteiger partial charge on any atom is 0.410 e. The minimum atomic E-state index is -0.471. The normalized spacial score (nSPS) is 22.4. The van der Waals surface area contributed by atoms with Crippen LogP contribution in [-0.2, 0) is 9.47 Å². The topological polar surface area (TPSA) is 66.5 Å². The molecule has 0 radical (unpaired) electrons. The molecule has 3 fully saturated rings. The lowest BCUT2D eigenvalue weighted by atomic mass is 9.91. The van der Waals surface area contributed by atoms with Crippen LogP contribution >= 0.6 is 0 Å². The molecule has 1 amide bonds. The number of ether oxygens (including phenoxy) is 3. The molecule has 8 heteroatoms. The molecule has 0 saturated carbocycles. The molecule has 38 heavy (non-hydrogen) atoms. The number of benzene rings is 1. The molecule has 0 aromatic heterocycles. The molecule has 3 saturated heterocycles. The Bertz CT molecular complexity index is 847. The van der Waals surface area contributed by atoms with Crippen molar-refractivity contribution in [2.75, 3.05) is 85.3 Å². The van der Waals surface area contributed by atoms with Gasteiger partial charge in [-0.25, -0.2) is 4.79 Å². The van der Waals surface area contributed by atoms with Gasteiger partial charge in [0.15, 0.2) is 0 Å². The first kappa shape index (κ1) is 29.1. The number of carbonyl (C=O) groups is 1. The number of hydrogen-bond donors (Lipinski definition) is 1. The minimum absolute atomic E-state index is 0.216. The van der Waals surface area contributed by atoms with Crippen molar-refractivity contribution in [2.24, 2.45) is 5.92 Å². The van der Waals surface area contributed by atoms with Gasteiger partial charge in [-0.3, -0.25) is 0 Å². The van der Waals surface area contributed by atoms with Crippen molar-refractivity contribution in [3.8, 4) is 5.75 Å². The molecule has 0 spiro atoms. The van der Waals surface area contributed by atoms with Crippen molar-refractivity contribution in [1.82, 2.24) is 20.0 Å². The van der Waals surface area contributed by atoms with Crippen LogP contribution in [0.15, 0.2) is 24.3 Å². The van der Waals surface area contributed by atoms with E-state index in [9.17, 15) is 4.79 Å². The number of amides is 1. The molecule has 4 rings (SSSR count). The van der Waals surface area contributed by atoms with Gasteiger partial charge in [-0.05, 0) is 83.2 Å². The van der Waals surface area contributed by atoms with E-state index >= 15 is 0 Å². The highest BCUT2D eigenvalue weighted by Gasteiger charge is 2.28. The van der Waals surface area contributed by atoms with Crippen LogP contribution in [0, 0.1) is 5.92 Å². The van der Waals surface area contributed by atoms with Crippen LogP contribution in [0.5, 0.6) is 5.75 Å². The summed E-state index contributed by atoms with van der Waals surface area (Å²) in [5.74, 6) is 2.02. The van der Waals surface area contributed by atoms with Gasteiger partial charge in [0.1, 0.15) is 18.0 Å². The van der Waals surface area contributed by atoms with Crippen LogP contribution < -0.4 is 10.1 Å². The quantitative estimate of drug-likeness (QED) is 0.462. The molecule has 0 bridgehead atoms. The first-order valence-electron chi connectivity index (χ1n) is 14.8. The van der Waals surface area contributed by atoms with Crippen molar-refractivity contribution in [2.45, 2.75) is 58.0 Å². The van der Waals surface area contributed by atoms with Gasteiger partial charge in [0.25, 0.3) is 0 Å². The highest BCUT2D eigenvalue weighted by molar-refractivity contribution is 5.68. The summed E-state index contributed by atoms with van der Waals surface area (Å²) in [6.45, 7) is 18.4. The average Bonchev–Trinajstić information content (AvgIpc) is 2.91. The molecular formula is C30H50N4O4. The van der Waals surface area contributed by atoms with E-state index in [4.69, 9.17) is 14.2 Å². The van der Waals surface area contributed by atoms with Crippen molar-refractivity contribution >= 4 is 6.09 Å². The molecule has 1 atom stereocenters. The second-order valence-electron chi connectivity index (χ2n) is 12.1. The Morgan fingerprint density at radius 2 is 1.76 bits per heavy atom. The fraction of sp³-hybridized carbons (Fsp3) is 0.767. The third-order valence-corrected chi connectivity index (χ3v) is 7.88. The maximum atomic E-state index is 12.5. The smallest absolute Gasteiger partial charge is 0.410 e. The van der Waals surface area contributed by atoms with E-state index in [0.29, 0.717) is 25.7 Å². The third-order valence-electron chi connectivity index (χ3n) is 7.88. The minimum Gasteiger partial charge on any atom is -0.491 e. The van der Waals surface area contributed by atoms with Gasteiger partial charge >= 0.3 is 6.09 Å². The molecule has 1 aromatic rings. The van der Waals surface area contributed by atoms with E-state index in [-0.39, 0.29) is 6.09 Å². The maximum absolute atomic E-state index is 12.5. The fourth-order valence-corrected chi connectivity index (χ4v) is 5.77. The van der Waals surface area contributed by atoms with Crippen molar-refractivity contribution in [1.29, 1.82) is 0 Å². The fourth-order valence-electron chi connectivity index (χ4n) is 5.77. The Labute approximate surface area is 230 Å². The van der Waals surface area contributed by atoms with Gasteiger partial charge in [0.05, 0.1) is 13.2 Å². The average molecular weight is 531 g/mol. The zero-order chi connectivity index (χ0) is 26.8. The molecule has 214 valence electrons. The van der Waals surface area contributed by atoms with Gasteiger partial charge in [0.2, 0.25) is 0 Å². The lowest BCUT2D eigenvalue weighted by Gasteiger charge is -2.36. The Balaban J connectivity index is 1.09. The van der Waals surface area contributed by atoms with Gasteiger partial charge in [0, 0.05) is 58.3 Å². The summed E-state index contributed by atoms with van der Waals surface area (Å²) in [6, 6.07) is 8.31. The van der Waals surface area contributed by atoms with E-state index < -0.39 is 5.60 Å². The van der Waals surface area contributed by atoms with E-state index in [1.165, 1.54) is 51.1 Å². The monoisotopic (exact) mass is 530 g/mol. The molecule has 0 aliphatic carbocycles. The molecule has 1 aromatic carbocycles. The van der Waals surface area contributed by atoms with Crippen LogP contribution in [0.25, 0.3) is 0 Å². The van der Waals surface area contributed by atoms with E-state index in [2.05, 4.69) is 27.2 Å². The van der Waals surface area contributed by atoms with Crippen molar-refractivity contribution in [3.05, 3.63) is 29.8 Å². The second-order valence-corrected chi connectivity index (χ2v) is 12.1. The Morgan fingerprint density at radius 1 is 0.974 bits per heavy atom. The first-order valence-corrected chi connectivity index (χ1v) is 14.8. The SMILES string of the molecule is CC(C)(C)OC(=O)N1CCCC(c2cccc(OCCOCCN3CCC(CN4CCNCC4)CC3)c2)C1. The van der Waals surface area contributed by atoms with Crippen molar-refractivity contribution < 1.29 is 19.0 Å². The largest absolute Gasteiger partial charge is 0.491 e. The molecule has 3 aliphatic rings. The molecule has 3 aliphatic heterocycles. The Hall–Kier alpha value is -1.87. The zero-order valence-electron chi connectivity index (χ0n) is 24.0. The predicted molar refractivity (Wildman–Crippen MR) is 151 cm³/mol. The number of piperidine rings is 2. The number of nitrogens with one attached hydrogen (secondary N) is 1. The number of carbonyl (C=O) groups excluding carboxylic acids is 1. The highest BCUT2D eigenvalue weighted by Crippen LogP contribution is 2.30. The number of piperazine rings is 1. The third kappa shape index (κ3) is 9.70. The molecule has 1 N–H and O–H groups in total. The summed E-state index contributed by atoms with van der Waals surface area (Å²) in [4.78, 5) is 19.5. The number of hydrogen-bond acceptors (Lipinski definition) is 7.